The van der Waals surface area contributed by atoms with Gasteiger partial charge in [-0.25, -0.2) is 4.79 Å². The van der Waals surface area contributed by atoms with E-state index in [1.165, 1.54) is 11.1 Å². The quantitative estimate of drug-likeness (QED) is 0.826. The maximum absolute atomic E-state index is 10.9. The molecule has 0 bridgehead atoms. The van der Waals surface area contributed by atoms with Crippen molar-refractivity contribution < 1.29 is 9.90 Å². The highest BCUT2D eigenvalue weighted by Gasteiger charge is 2.31. The summed E-state index contributed by atoms with van der Waals surface area (Å²) in [5.74, 6) is -0.871. The van der Waals surface area contributed by atoms with Crippen LogP contribution in [0.2, 0.25) is 0 Å². The molecule has 0 radical (unpaired) electrons. The van der Waals surface area contributed by atoms with Gasteiger partial charge in [0.1, 0.15) is 0 Å². The lowest BCUT2D eigenvalue weighted by molar-refractivity contribution is 0.0697. The average Bonchev–Trinajstić information content (AvgIpc) is 2.58. The Kier molecular flexibility index (Phi) is 5.07. The summed E-state index contributed by atoms with van der Waals surface area (Å²) in [7, 11) is 0. The summed E-state index contributed by atoms with van der Waals surface area (Å²) in [4.78, 5) is 13.4. The molecule has 1 N–H and O–H groups in total. The number of nitrogens with zero attached hydrogens (tertiary/aromatic N) is 1. The van der Waals surface area contributed by atoms with Crippen LogP contribution in [0.25, 0.3) is 0 Å². The molecule has 0 saturated carbocycles. The Morgan fingerprint density at radius 3 is 2.42 bits per heavy atom. The minimum absolute atomic E-state index is 0.230. The van der Waals surface area contributed by atoms with Gasteiger partial charge in [0.2, 0.25) is 0 Å². The molecule has 0 spiro atoms. The van der Waals surface area contributed by atoms with E-state index in [-0.39, 0.29) is 5.41 Å². The number of hydrogen-bond acceptors (Lipinski definition) is 2. The first-order valence-electron chi connectivity index (χ1n) is 8.27. The van der Waals surface area contributed by atoms with Crippen LogP contribution in [0.15, 0.2) is 53.0 Å². The molecule has 3 rings (SSSR count). The van der Waals surface area contributed by atoms with Crippen molar-refractivity contribution in [3.8, 4) is 0 Å². The van der Waals surface area contributed by atoms with E-state index in [9.17, 15) is 4.79 Å². The van der Waals surface area contributed by atoms with Crippen LogP contribution in [0.4, 0.5) is 0 Å². The predicted octanol–water partition coefficient (Wildman–Crippen LogP) is 4.70. The lowest BCUT2D eigenvalue weighted by atomic mass is 9.74. The standard InChI is InChI=1S/C20H22BrNO2/c1-20(17-3-2-4-18(21)13-17)9-11-22(12-10-20)14-15-5-7-16(8-6-15)19(23)24/h2-8,13H,9-12,14H2,1H3,(H,23,24). The third kappa shape index (κ3) is 3.87. The number of rotatable bonds is 4. The van der Waals surface area contributed by atoms with Gasteiger partial charge in [-0.1, -0.05) is 47.1 Å². The number of carbonyl (C=O) groups is 1. The molecule has 4 heteroatoms. The highest BCUT2D eigenvalue weighted by atomic mass is 79.9. The first kappa shape index (κ1) is 17.2. The monoisotopic (exact) mass is 387 g/mol. The molecule has 1 aliphatic heterocycles. The van der Waals surface area contributed by atoms with E-state index in [1.54, 1.807) is 12.1 Å². The maximum Gasteiger partial charge on any atom is 0.335 e. The molecule has 1 heterocycles. The Morgan fingerprint density at radius 1 is 1.17 bits per heavy atom. The summed E-state index contributed by atoms with van der Waals surface area (Å²) in [6.45, 7) is 5.36. The molecule has 0 aromatic heterocycles. The van der Waals surface area contributed by atoms with Gasteiger partial charge >= 0.3 is 5.97 Å². The van der Waals surface area contributed by atoms with Crippen molar-refractivity contribution in [2.45, 2.75) is 31.7 Å². The Labute approximate surface area is 151 Å². The van der Waals surface area contributed by atoms with Gasteiger partial charge in [0, 0.05) is 11.0 Å². The average molecular weight is 388 g/mol. The van der Waals surface area contributed by atoms with E-state index >= 15 is 0 Å². The fraction of sp³-hybridized carbons (Fsp3) is 0.350. The van der Waals surface area contributed by atoms with Crippen LogP contribution in [0, 0.1) is 0 Å². The van der Waals surface area contributed by atoms with Crippen LogP contribution in [0.3, 0.4) is 0 Å². The summed E-state index contributed by atoms with van der Waals surface area (Å²) < 4.78 is 1.14. The largest absolute Gasteiger partial charge is 0.478 e. The molecule has 0 atom stereocenters. The second-order valence-corrected chi connectivity index (χ2v) is 7.76. The molecular formula is C20H22BrNO2. The molecule has 2 aromatic rings. The summed E-state index contributed by atoms with van der Waals surface area (Å²) in [6.07, 6.45) is 2.27. The first-order chi connectivity index (χ1) is 11.5. The molecule has 24 heavy (non-hydrogen) atoms. The Morgan fingerprint density at radius 2 is 1.83 bits per heavy atom. The molecule has 126 valence electrons. The van der Waals surface area contributed by atoms with Crippen molar-refractivity contribution in [3.63, 3.8) is 0 Å². The molecule has 1 saturated heterocycles. The van der Waals surface area contributed by atoms with Crippen molar-refractivity contribution in [2.24, 2.45) is 0 Å². The molecule has 3 nitrogen and oxygen atoms in total. The molecule has 2 aromatic carbocycles. The smallest absolute Gasteiger partial charge is 0.335 e. The van der Waals surface area contributed by atoms with Gasteiger partial charge in [-0.2, -0.15) is 0 Å². The fourth-order valence-electron chi connectivity index (χ4n) is 3.37. The van der Waals surface area contributed by atoms with Crippen LogP contribution < -0.4 is 0 Å². The van der Waals surface area contributed by atoms with Gasteiger partial charge in [0.25, 0.3) is 0 Å². The van der Waals surface area contributed by atoms with E-state index in [4.69, 9.17) is 5.11 Å². The lowest BCUT2D eigenvalue weighted by Gasteiger charge is -2.40. The fourth-order valence-corrected chi connectivity index (χ4v) is 3.77. The number of carboxylic acids is 1. The lowest BCUT2D eigenvalue weighted by Crippen LogP contribution is -2.40. The molecule has 1 aliphatic rings. The van der Waals surface area contributed by atoms with E-state index in [0.717, 1.165) is 36.9 Å². The van der Waals surface area contributed by atoms with Crippen molar-refractivity contribution in [2.75, 3.05) is 13.1 Å². The molecule has 0 amide bonds. The highest BCUT2D eigenvalue weighted by Crippen LogP contribution is 2.36. The van der Waals surface area contributed by atoms with E-state index in [2.05, 4.69) is 52.0 Å². The first-order valence-corrected chi connectivity index (χ1v) is 9.06. The molecule has 0 aliphatic carbocycles. The molecule has 1 fully saturated rings. The minimum Gasteiger partial charge on any atom is -0.478 e. The molecular weight excluding hydrogens is 366 g/mol. The number of piperidine rings is 1. The minimum atomic E-state index is -0.871. The third-order valence-electron chi connectivity index (χ3n) is 5.09. The zero-order valence-corrected chi connectivity index (χ0v) is 15.4. The second-order valence-electron chi connectivity index (χ2n) is 6.85. The van der Waals surface area contributed by atoms with Gasteiger partial charge in [0.15, 0.2) is 0 Å². The van der Waals surface area contributed by atoms with Crippen LogP contribution in [0.1, 0.15) is 41.3 Å². The van der Waals surface area contributed by atoms with E-state index in [1.807, 2.05) is 12.1 Å². The van der Waals surface area contributed by atoms with Gasteiger partial charge in [-0.3, -0.25) is 4.90 Å². The van der Waals surface area contributed by atoms with Gasteiger partial charge in [0.05, 0.1) is 5.56 Å². The summed E-state index contributed by atoms with van der Waals surface area (Å²) in [5, 5.41) is 8.97. The topological polar surface area (TPSA) is 40.5 Å². The van der Waals surface area contributed by atoms with Crippen LogP contribution >= 0.6 is 15.9 Å². The van der Waals surface area contributed by atoms with E-state index < -0.39 is 5.97 Å². The summed E-state index contributed by atoms with van der Waals surface area (Å²) in [5.41, 5.74) is 3.15. The second kappa shape index (κ2) is 7.08. The van der Waals surface area contributed by atoms with Crippen molar-refractivity contribution in [1.82, 2.24) is 4.90 Å². The summed E-state index contributed by atoms with van der Waals surface area (Å²) >= 11 is 3.57. The number of halogens is 1. The number of hydrogen-bond donors (Lipinski definition) is 1. The van der Waals surface area contributed by atoms with Crippen LogP contribution in [-0.2, 0) is 12.0 Å². The zero-order chi connectivity index (χ0) is 17.2. The van der Waals surface area contributed by atoms with Crippen molar-refractivity contribution in [1.29, 1.82) is 0 Å². The van der Waals surface area contributed by atoms with Crippen molar-refractivity contribution >= 4 is 21.9 Å². The predicted molar refractivity (Wildman–Crippen MR) is 99.4 cm³/mol. The zero-order valence-electron chi connectivity index (χ0n) is 13.8. The third-order valence-corrected chi connectivity index (χ3v) is 5.58. The van der Waals surface area contributed by atoms with Crippen LogP contribution in [0.5, 0.6) is 0 Å². The SMILES string of the molecule is CC1(c2cccc(Br)c2)CCN(Cc2ccc(C(=O)O)cc2)CC1. The van der Waals surface area contributed by atoms with E-state index in [0.29, 0.717) is 5.56 Å². The van der Waals surface area contributed by atoms with Gasteiger partial charge in [-0.15, -0.1) is 0 Å². The number of likely N-dealkylation sites (tertiary alicyclic amines) is 1. The normalized spacial score (nSPS) is 17.6. The van der Waals surface area contributed by atoms with Crippen LogP contribution in [-0.4, -0.2) is 29.1 Å². The van der Waals surface area contributed by atoms with Crippen molar-refractivity contribution in [3.05, 3.63) is 69.7 Å². The molecule has 0 unspecified atom stereocenters. The Hall–Kier alpha value is -1.65. The number of carboxylic acid groups (broad SMARTS) is 1. The highest BCUT2D eigenvalue weighted by molar-refractivity contribution is 9.10. The summed E-state index contributed by atoms with van der Waals surface area (Å²) in [6, 6.07) is 15.9. The number of benzene rings is 2. The Bertz CT molecular complexity index is 719. The Balaban J connectivity index is 1.61. The van der Waals surface area contributed by atoms with Gasteiger partial charge in [-0.05, 0) is 66.7 Å². The van der Waals surface area contributed by atoms with Gasteiger partial charge < -0.3 is 5.11 Å². The maximum atomic E-state index is 10.9. The number of aromatic carboxylic acids is 1.